The molecule has 4 aliphatic rings. The third kappa shape index (κ3) is 3.01. The first kappa shape index (κ1) is 17.5. The number of morpholine rings is 1. The van der Waals surface area contributed by atoms with E-state index in [-0.39, 0.29) is 17.4 Å². The molecule has 148 valence electrons. The van der Waals surface area contributed by atoms with Gasteiger partial charge in [-0.2, -0.15) is 0 Å². The minimum atomic E-state index is -0.368. The molecule has 1 N–H and O–H groups in total. The Morgan fingerprint density at radius 2 is 2.11 bits per heavy atom. The van der Waals surface area contributed by atoms with Crippen LogP contribution < -0.4 is 10.1 Å². The van der Waals surface area contributed by atoms with Crippen molar-refractivity contribution < 1.29 is 19.1 Å². The Labute approximate surface area is 163 Å². The molecule has 3 aliphatic heterocycles. The third-order valence-electron chi connectivity index (χ3n) is 5.92. The van der Waals surface area contributed by atoms with Crippen molar-refractivity contribution in [1.82, 2.24) is 15.1 Å². The van der Waals surface area contributed by atoms with Gasteiger partial charge in [0.25, 0.3) is 5.91 Å². The van der Waals surface area contributed by atoms with Gasteiger partial charge >= 0.3 is 0 Å². The molecule has 2 amide bonds. The molecule has 1 aromatic carbocycles. The number of hydrogen-bond donors (Lipinski definition) is 1. The monoisotopic (exact) mass is 384 g/mol. The standard InChI is InChI=1S/C20H24N4O4/c25-17(23-7-10-27-11-8-23)2-1-9-28-15-3-4-16-14(12-15)13-24-19(21-16)22-18(26)20(24)5-6-20/h3-4,12H,1-2,5-11,13H2,(H,21,22,26). The maximum atomic E-state index is 12.2. The molecule has 5 rings (SSSR count). The number of fused-ring (bicyclic) bond motifs is 3. The van der Waals surface area contributed by atoms with Crippen molar-refractivity contribution in [3.05, 3.63) is 23.8 Å². The second kappa shape index (κ2) is 6.77. The van der Waals surface area contributed by atoms with E-state index in [2.05, 4.69) is 15.2 Å². The van der Waals surface area contributed by atoms with Gasteiger partial charge < -0.3 is 19.3 Å². The van der Waals surface area contributed by atoms with Crippen molar-refractivity contribution in [2.45, 2.75) is 37.8 Å². The van der Waals surface area contributed by atoms with Gasteiger partial charge in [0.2, 0.25) is 11.9 Å². The lowest BCUT2D eigenvalue weighted by Crippen LogP contribution is -2.40. The molecule has 3 fully saturated rings. The first-order valence-corrected chi connectivity index (χ1v) is 9.95. The molecular formula is C20H24N4O4. The number of rotatable bonds is 5. The van der Waals surface area contributed by atoms with E-state index < -0.39 is 0 Å². The Hall–Kier alpha value is -2.61. The predicted octanol–water partition coefficient (Wildman–Crippen LogP) is 1.17. The highest BCUT2D eigenvalue weighted by atomic mass is 16.5. The third-order valence-corrected chi connectivity index (χ3v) is 5.92. The number of amides is 2. The maximum Gasteiger partial charge on any atom is 0.252 e. The smallest absolute Gasteiger partial charge is 0.252 e. The van der Waals surface area contributed by atoms with Crippen LogP contribution >= 0.6 is 0 Å². The minimum Gasteiger partial charge on any atom is -0.494 e. The molecule has 1 aromatic rings. The van der Waals surface area contributed by atoms with Gasteiger partial charge in [-0.1, -0.05) is 0 Å². The summed E-state index contributed by atoms with van der Waals surface area (Å²) in [5, 5.41) is 2.91. The lowest BCUT2D eigenvalue weighted by atomic mass is 10.1. The largest absolute Gasteiger partial charge is 0.494 e. The number of carbonyl (C=O) groups excluding carboxylic acids is 2. The average molecular weight is 384 g/mol. The van der Waals surface area contributed by atoms with Crippen molar-refractivity contribution in [2.75, 3.05) is 32.9 Å². The van der Waals surface area contributed by atoms with Crippen LogP contribution in [-0.2, 0) is 20.9 Å². The van der Waals surface area contributed by atoms with Crippen LogP contribution in [0, 0.1) is 0 Å². The Balaban J connectivity index is 1.16. The summed E-state index contributed by atoms with van der Waals surface area (Å²) in [4.78, 5) is 32.9. The maximum absolute atomic E-state index is 12.2. The Morgan fingerprint density at radius 3 is 2.89 bits per heavy atom. The fraction of sp³-hybridized carbons (Fsp3) is 0.550. The van der Waals surface area contributed by atoms with Gasteiger partial charge in [0, 0.05) is 31.6 Å². The lowest BCUT2D eigenvalue weighted by molar-refractivity contribution is -0.135. The van der Waals surface area contributed by atoms with Gasteiger partial charge in [-0.3, -0.25) is 14.9 Å². The summed E-state index contributed by atoms with van der Waals surface area (Å²) in [5.41, 5.74) is 1.57. The van der Waals surface area contributed by atoms with Gasteiger partial charge in [-0.25, -0.2) is 4.99 Å². The van der Waals surface area contributed by atoms with E-state index in [1.165, 1.54) is 0 Å². The van der Waals surface area contributed by atoms with Crippen molar-refractivity contribution in [3.8, 4) is 5.75 Å². The Bertz CT molecular complexity index is 843. The molecule has 1 spiro atoms. The second-order valence-electron chi connectivity index (χ2n) is 7.74. The van der Waals surface area contributed by atoms with Crippen LogP contribution in [0.1, 0.15) is 31.2 Å². The van der Waals surface area contributed by atoms with Crippen LogP contribution in [0.4, 0.5) is 5.69 Å². The molecule has 0 bridgehead atoms. The van der Waals surface area contributed by atoms with Crippen LogP contribution in [0.3, 0.4) is 0 Å². The van der Waals surface area contributed by atoms with E-state index in [0.29, 0.717) is 58.3 Å². The van der Waals surface area contributed by atoms with Crippen LogP contribution in [-0.4, -0.2) is 66.0 Å². The zero-order valence-electron chi connectivity index (χ0n) is 15.8. The number of guanidine groups is 1. The van der Waals surface area contributed by atoms with Crippen LogP contribution in [0.2, 0.25) is 0 Å². The van der Waals surface area contributed by atoms with Crippen molar-refractivity contribution in [1.29, 1.82) is 0 Å². The molecule has 8 nitrogen and oxygen atoms in total. The zero-order valence-corrected chi connectivity index (χ0v) is 15.8. The highest BCUT2D eigenvalue weighted by Crippen LogP contribution is 2.48. The Morgan fingerprint density at radius 1 is 1.29 bits per heavy atom. The molecule has 1 aliphatic carbocycles. The molecule has 0 aromatic heterocycles. The van der Waals surface area contributed by atoms with Crippen LogP contribution in [0.25, 0.3) is 0 Å². The molecule has 2 saturated heterocycles. The quantitative estimate of drug-likeness (QED) is 0.771. The van der Waals surface area contributed by atoms with Gasteiger partial charge in [0.1, 0.15) is 11.3 Å². The zero-order chi connectivity index (χ0) is 19.1. The second-order valence-corrected chi connectivity index (χ2v) is 7.74. The number of carbonyl (C=O) groups is 2. The summed E-state index contributed by atoms with van der Waals surface area (Å²) in [7, 11) is 0. The molecule has 0 unspecified atom stereocenters. The summed E-state index contributed by atoms with van der Waals surface area (Å²) in [6.45, 7) is 3.78. The molecule has 0 radical (unpaired) electrons. The summed E-state index contributed by atoms with van der Waals surface area (Å²) in [6.07, 6.45) is 2.95. The van der Waals surface area contributed by atoms with Gasteiger partial charge in [-0.15, -0.1) is 0 Å². The van der Waals surface area contributed by atoms with Crippen molar-refractivity contribution >= 4 is 23.5 Å². The number of hydrogen-bond acceptors (Lipinski definition) is 6. The predicted molar refractivity (Wildman–Crippen MR) is 101 cm³/mol. The van der Waals surface area contributed by atoms with Crippen LogP contribution in [0.5, 0.6) is 5.75 Å². The number of nitrogens with one attached hydrogen (secondary N) is 1. The topological polar surface area (TPSA) is 83.5 Å². The highest BCUT2D eigenvalue weighted by molar-refractivity contribution is 6.11. The van der Waals surface area contributed by atoms with E-state index >= 15 is 0 Å². The first-order valence-electron chi connectivity index (χ1n) is 9.95. The van der Waals surface area contributed by atoms with Crippen molar-refractivity contribution in [2.24, 2.45) is 4.99 Å². The lowest BCUT2D eigenvalue weighted by Gasteiger charge is -2.28. The Kier molecular flexibility index (Phi) is 4.23. The van der Waals surface area contributed by atoms with Gasteiger partial charge in [0.15, 0.2) is 0 Å². The summed E-state index contributed by atoms with van der Waals surface area (Å²) < 4.78 is 11.1. The summed E-state index contributed by atoms with van der Waals surface area (Å²) in [5.74, 6) is 1.69. The molecule has 28 heavy (non-hydrogen) atoms. The molecule has 1 saturated carbocycles. The number of benzene rings is 1. The van der Waals surface area contributed by atoms with Gasteiger partial charge in [0.05, 0.1) is 25.5 Å². The first-order chi connectivity index (χ1) is 13.7. The van der Waals surface area contributed by atoms with E-state index in [9.17, 15) is 9.59 Å². The van der Waals surface area contributed by atoms with Gasteiger partial charge in [-0.05, 0) is 37.5 Å². The molecular weight excluding hydrogens is 360 g/mol. The normalized spacial score (nSPS) is 21.7. The molecule has 8 heteroatoms. The molecule has 0 atom stereocenters. The average Bonchev–Trinajstić information content (AvgIpc) is 3.48. The summed E-state index contributed by atoms with van der Waals surface area (Å²) in [6, 6.07) is 5.82. The molecule has 3 heterocycles. The van der Waals surface area contributed by atoms with Crippen molar-refractivity contribution in [3.63, 3.8) is 0 Å². The highest BCUT2D eigenvalue weighted by Gasteiger charge is 2.61. The van der Waals surface area contributed by atoms with E-state index in [1.807, 2.05) is 23.1 Å². The number of nitrogens with zero attached hydrogens (tertiary/aromatic N) is 3. The summed E-state index contributed by atoms with van der Waals surface area (Å²) >= 11 is 0. The minimum absolute atomic E-state index is 0.0699. The number of ether oxygens (including phenoxy) is 2. The fourth-order valence-electron chi connectivity index (χ4n) is 4.10. The number of aliphatic imine (C=N–C) groups is 1. The fourth-order valence-corrected chi connectivity index (χ4v) is 4.10. The SMILES string of the molecule is O=C(CCCOc1ccc2c(c1)CN1C(=N2)NC(=O)C12CC2)N1CCOCC1. The van der Waals surface area contributed by atoms with Crippen LogP contribution in [0.15, 0.2) is 23.2 Å². The van der Waals surface area contributed by atoms with E-state index in [1.54, 1.807) is 0 Å². The van der Waals surface area contributed by atoms with E-state index in [0.717, 1.165) is 29.8 Å². The van der Waals surface area contributed by atoms with E-state index in [4.69, 9.17) is 9.47 Å².